The second-order valence-electron chi connectivity index (χ2n) is 10.4. The van der Waals surface area contributed by atoms with Gasteiger partial charge in [0.05, 0.1) is 22.3 Å². The summed E-state index contributed by atoms with van der Waals surface area (Å²) in [5.74, 6) is -4.32. The topological polar surface area (TPSA) is 136 Å². The molecule has 1 heterocycles. The van der Waals surface area contributed by atoms with E-state index < -0.39 is 58.0 Å². The molecule has 0 N–H and O–H groups in total. The second kappa shape index (κ2) is 11.3. The van der Waals surface area contributed by atoms with E-state index in [0.29, 0.717) is 17.5 Å². The summed E-state index contributed by atoms with van der Waals surface area (Å²) in [6.07, 6.45) is -0.955. The molecule has 214 valence electrons. The molecule has 2 aliphatic carbocycles. The fraction of sp³-hybridized carbons (Fsp3) is 0.423. The Morgan fingerprint density at radius 3 is 2.25 bits per heavy atom. The van der Waals surface area contributed by atoms with Crippen molar-refractivity contribution in [3.8, 4) is 5.75 Å². The highest BCUT2D eigenvalue weighted by Crippen LogP contribution is 2.59. The molecule has 5 rings (SSSR count). The summed E-state index contributed by atoms with van der Waals surface area (Å²) in [6, 6.07) is 4.57. The molecule has 2 aromatic rings. The quantitative estimate of drug-likeness (QED) is 0.123. The van der Waals surface area contributed by atoms with Gasteiger partial charge in [-0.3, -0.25) is 9.59 Å². The Hall–Kier alpha value is -0.320. The molecule has 1 saturated heterocycles. The molecule has 0 radical (unpaired) electrons. The number of carbonyl (C=O) groups is 3. The minimum absolute atomic E-state index is 0.109. The lowest BCUT2D eigenvalue weighted by Crippen LogP contribution is -2.44. The van der Waals surface area contributed by atoms with E-state index in [1.54, 1.807) is 20.8 Å². The Bertz CT molecular complexity index is 1550. The van der Waals surface area contributed by atoms with E-state index in [1.807, 2.05) is 6.07 Å². The minimum Gasteiger partial charge on any atom is -0.744 e. The molecule has 2 aromatic carbocycles. The number of halogens is 4. The Labute approximate surface area is 285 Å². The Kier molecular flexibility index (Phi) is 8.80. The van der Waals surface area contributed by atoms with Crippen LogP contribution in [0.1, 0.15) is 47.7 Å². The van der Waals surface area contributed by atoms with Gasteiger partial charge < -0.3 is 18.8 Å². The van der Waals surface area contributed by atoms with Crippen molar-refractivity contribution in [2.45, 2.75) is 50.2 Å². The summed E-state index contributed by atoms with van der Waals surface area (Å²) in [4.78, 5) is 39.5. The van der Waals surface area contributed by atoms with E-state index >= 15 is 0 Å². The number of ether oxygens (including phenoxy) is 3. The molecule has 9 nitrogen and oxygen atoms in total. The van der Waals surface area contributed by atoms with Crippen molar-refractivity contribution in [1.82, 2.24) is 0 Å². The molecule has 2 saturated carbocycles. The Balaban J connectivity index is 1.44. The van der Waals surface area contributed by atoms with Crippen molar-refractivity contribution >= 4 is 118 Å². The molecule has 0 amide bonds. The highest BCUT2D eigenvalue weighted by atomic mass is 127. The zero-order chi connectivity index (χ0) is 29.4. The molecular weight excluding hydrogens is 996 g/mol. The summed E-state index contributed by atoms with van der Waals surface area (Å²) in [5, 5.41) is 0. The summed E-state index contributed by atoms with van der Waals surface area (Å²) in [5.41, 5.74) is 0.966. The third kappa shape index (κ3) is 5.31. The largest absolute Gasteiger partial charge is 0.744 e. The van der Waals surface area contributed by atoms with Crippen LogP contribution in [0.5, 0.6) is 5.75 Å². The van der Waals surface area contributed by atoms with E-state index in [-0.39, 0.29) is 28.0 Å². The van der Waals surface area contributed by atoms with Crippen LogP contribution in [0.15, 0.2) is 23.1 Å². The van der Waals surface area contributed by atoms with E-state index in [0.717, 1.165) is 14.3 Å². The highest BCUT2D eigenvalue weighted by Gasteiger charge is 2.70. The van der Waals surface area contributed by atoms with Crippen LogP contribution in [-0.2, 0) is 29.2 Å². The average molecular weight is 1020 g/mol. The van der Waals surface area contributed by atoms with Crippen molar-refractivity contribution < 1.29 is 41.6 Å². The monoisotopic (exact) mass is 1020 g/mol. The Morgan fingerprint density at radius 1 is 1.05 bits per heavy atom. The second-order valence-corrected chi connectivity index (χ2v) is 16.2. The van der Waals surface area contributed by atoms with Gasteiger partial charge in [0, 0.05) is 26.1 Å². The van der Waals surface area contributed by atoms with Gasteiger partial charge in [0.15, 0.2) is 0 Å². The predicted molar refractivity (Wildman–Crippen MR) is 174 cm³/mol. The van der Waals surface area contributed by atoms with Crippen LogP contribution in [0, 0.1) is 44.9 Å². The van der Waals surface area contributed by atoms with Gasteiger partial charge in [-0.15, -0.1) is 0 Å². The Morgan fingerprint density at radius 2 is 1.68 bits per heavy atom. The van der Waals surface area contributed by atoms with Gasteiger partial charge in [-0.2, -0.15) is 0 Å². The van der Waals surface area contributed by atoms with Gasteiger partial charge in [-0.1, -0.05) is 13.8 Å². The van der Waals surface area contributed by atoms with E-state index in [2.05, 4.69) is 90.4 Å². The summed E-state index contributed by atoms with van der Waals surface area (Å²) in [7, 11) is -4.74. The van der Waals surface area contributed by atoms with Crippen LogP contribution in [0.4, 0.5) is 0 Å². The number of hydrogen-bond acceptors (Lipinski definition) is 9. The third-order valence-electron chi connectivity index (χ3n) is 7.79. The lowest BCUT2D eigenvalue weighted by atomic mass is 9.78. The van der Waals surface area contributed by atoms with Crippen LogP contribution in [0.25, 0.3) is 0 Å². The number of carbonyl (C=O) groups excluding carboxylic acids is 3. The highest BCUT2D eigenvalue weighted by molar-refractivity contribution is 14.1. The van der Waals surface area contributed by atoms with Gasteiger partial charge in [0.1, 0.15) is 28.1 Å². The summed E-state index contributed by atoms with van der Waals surface area (Å²) in [6.45, 7) is 5.00. The predicted octanol–water partition coefficient (Wildman–Crippen LogP) is 5.38. The lowest BCUT2D eigenvalue weighted by molar-refractivity contribution is -0.149. The summed E-state index contributed by atoms with van der Waals surface area (Å²) < 4.78 is 56.1. The standard InChI is InChI=1S/C26H22I4O9S/c1-8(2)10-6-15(9(3)4-16(10)40(34,35)36)37-24(31)17-11-5-12-18(17)25(32)38-22(12)23(11)39-26(33)19-20(29)13(27)7-14(28)21(19)30/h4,6-8,11-12,17-18,22-23H,5H2,1-3H3,(H,34,35,36)/p-1. The van der Waals surface area contributed by atoms with Gasteiger partial charge in [0.25, 0.3) is 0 Å². The van der Waals surface area contributed by atoms with Crippen molar-refractivity contribution in [1.29, 1.82) is 0 Å². The zero-order valence-corrected chi connectivity index (χ0v) is 30.5. The van der Waals surface area contributed by atoms with E-state index in [1.165, 1.54) is 12.1 Å². The summed E-state index contributed by atoms with van der Waals surface area (Å²) >= 11 is 8.54. The first-order valence-corrected chi connectivity index (χ1v) is 17.9. The van der Waals surface area contributed by atoms with Gasteiger partial charge >= 0.3 is 17.9 Å². The number of benzene rings is 2. The molecule has 0 aromatic heterocycles. The van der Waals surface area contributed by atoms with Crippen molar-refractivity contribution in [3.05, 3.63) is 49.2 Å². The SMILES string of the molecule is Cc1cc(S(=O)(=O)[O-])c(C(C)C)cc1OC(=O)C1C2CC3C(OC(=O)C31)C2OC(=O)c1c(I)c(I)cc(I)c1I. The number of rotatable bonds is 6. The first kappa shape index (κ1) is 31.1. The normalized spacial score (nSPS) is 26.8. The maximum absolute atomic E-state index is 13.6. The molecule has 1 aliphatic heterocycles. The van der Waals surface area contributed by atoms with Crippen LogP contribution >= 0.6 is 90.4 Å². The number of hydrogen-bond donors (Lipinski definition) is 0. The van der Waals surface area contributed by atoms with Crippen molar-refractivity contribution in [2.75, 3.05) is 0 Å². The minimum atomic E-state index is -4.74. The fourth-order valence-corrected chi connectivity index (χ4v) is 10.5. The number of esters is 3. The lowest BCUT2D eigenvalue weighted by Gasteiger charge is -2.30. The van der Waals surface area contributed by atoms with Crippen LogP contribution in [0.3, 0.4) is 0 Å². The molecular formula is C26H21I4O9S-. The fourth-order valence-electron chi connectivity index (χ4n) is 6.04. The zero-order valence-electron chi connectivity index (χ0n) is 21.1. The van der Waals surface area contributed by atoms with Gasteiger partial charge in [-0.25, -0.2) is 13.2 Å². The van der Waals surface area contributed by atoms with Crippen LogP contribution in [-0.4, -0.2) is 43.1 Å². The van der Waals surface area contributed by atoms with Crippen LogP contribution in [0.2, 0.25) is 0 Å². The van der Waals surface area contributed by atoms with Crippen molar-refractivity contribution in [3.63, 3.8) is 0 Å². The molecule has 0 spiro atoms. The van der Waals surface area contributed by atoms with E-state index in [9.17, 15) is 27.4 Å². The third-order valence-corrected chi connectivity index (χ3v) is 14.7. The van der Waals surface area contributed by atoms with Crippen LogP contribution < -0.4 is 4.74 Å². The number of fused-ring (bicyclic) bond motifs is 1. The first-order chi connectivity index (χ1) is 18.6. The van der Waals surface area contributed by atoms with Crippen molar-refractivity contribution in [2.24, 2.45) is 23.7 Å². The molecule has 3 aliphatic rings. The molecule has 14 heteroatoms. The molecule has 6 atom stereocenters. The average Bonchev–Trinajstić information content (AvgIpc) is 3.47. The molecule has 2 bridgehead atoms. The molecule has 6 unspecified atom stereocenters. The van der Waals surface area contributed by atoms with Gasteiger partial charge in [-0.05, 0) is 139 Å². The van der Waals surface area contributed by atoms with Gasteiger partial charge in [0.2, 0.25) is 0 Å². The molecule has 3 fully saturated rings. The first-order valence-electron chi connectivity index (χ1n) is 12.2. The van der Waals surface area contributed by atoms with E-state index in [4.69, 9.17) is 14.2 Å². The maximum Gasteiger partial charge on any atom is 0.340 e. The smallest absolute Gasteiger partial charge is 0.340 e. The number of aryl methyl sites for hydroxylation is 1. The maximum atomic E-state index is 13.6. The molecule has 40 heavy (non-hydrogen) atoms.